The Balaban J connectivity index is 1.74. The highest BCUT2D eigenvalue weighted by Gasteiger charge is 2.25. The molecule has 2 aliphatic heterocycles. The molecule has 0 bridgehead atoms. The summed E-state index contributed by atoms with van der Waals surface area (Å²) in [5.74, 6) is 0.250. The minimum atomic E-state index is 0.250. The van der Waals surface area contributed by atoms with Crippen molar-refractivity contribution < 1.29 is 9.53 Å². The van der Waals surface area contributed by atoms with Gasteiger partial charge in [0.15, 0.2) is 0 Å². The Morgan fingerprint density at radius 3 is 2.75 bits per heavy atom. The van der Waals surface area contributed by atoms with Crippen molar-refractivity contribution in [2.75, 3.05) is 53.0 Å². The van der Waals surface area contributed by atoms with E-state index in [1.807, 2.05) is 11.9 Å². The summed E-state index contributed by atoms with van der Waals surface area (Å²) < 4.78 is 5.24. The summed E-state index contributed by atoms with van der Waals surface area (Å²) >= 11 is 0. The maximum Gasteiger partial charge on any atom is 0.236 e. The number of carbonyl (C=O) groups excluding carboxylic acids is 1. The first-order valence-corrected chi connectivity index (χ1v) is 6.04. The first kappa shape index (κ1) is 11.8. The van der Waals surface area contributed by atoms with Gasteiger partial charge in [-0.15, -0.1) is 0 Å². The molecule has 1 amide bonds. The fraction of sp³-hybridized carbons (Fsp3) is 0.909. The van der Waals surface area contributed by atoms with E-state index in [4.69, 9.17) is 4.74 Å². The van der Waals surface area contributed by atoms with E-state index in [2.05, 4.69) is 10.2 Å². The summed E-state index contributed by atoms with van der Waals surface area (Å²) in [5, 5.41) is 3.26. The van der Waals surface area contributed by atoms with E-state index in [9.17, 15) is 4.79 Å². The molecule has 2 saturated heterocycles. The van der Waals surface area contributed by atoms with Crippen LogP contribution in [0.3, 0.4) is 0 Å². The Bertz CT molecular complexity index is 241. The largest absolute Gasteiger partial charge is 0.378 e. The number of ether oxygens (including phenoxy) is 1. The first-order chi connectivity index (χ1) is 7.79. The summed E-state index contributed by atoms with van der Waals surface area (Å²) in [7, 11) is 1.98. The molecule has 5 nitrogen and oxygen atoms in total. The Morgan fingerprint density at radius 1 is 1.38 bits per heavy atom. The van der Waals surface area contributed by atoms with Crippen LogP contribution >= 0.6 is 0 Å². The number of nitrogens with one attached hydrogen (secondary N) is 1. The molecule has 2 rings (SSSR count). The Morgan fingerprint density at radius 2 is 2.12 bits per heavy atom. The van der Waals surface area contributed by atoms with Gasteiger partial charge >= 0.3 is 0 Å². The highest BCUT2D eigenvalue weighted by atomic mass is 16.5. The van der Waals surface area contributed by atoms with Gasteiger partial charge in [0, 0.05) is 32.2 Å². The van der Waals surface area contributed by atoms with E-state index in [1.54, 1.807) is 0 Å². The highest BCUT2D eigenvalue weighted by molar-refractivity contribution is 5.78. The molecule has 92 valence electrons. The summed E-state index contributed by atoms with van der Waals surface area (Å²) in [6.45, 7) is 5.46. The lowest BCUT2D eigenvalue weighted by atomic mass is 10.3. The molecule has 0 aromatic carbocycles. The number of morpholine rings is 1. The molecule has 0 radical (unpaired) electrons. The van der Waals surface area contributed by atoms with Crippen LogP contribution in [-0.4, -0.2) is 74.7 Å². The summed E-state index contributed by atoms with van der Waals surface area (Å²) in [6, 6.07) is 0.553. The lowest BCUT2D eigenvalue weighted by Crippen LogP contribution is -2.45. The number of carbonyl (C=O) groups is 1. The molecule has 2 fully saturated rings. The lowest BCUT2D eigenvalue weighted by molar-refractivity contribution is -0.136. The number of likely N-dealkylation sites (N-methyl/N-ethyl adjacent to an activating group) is 1. The maximum absolute atomic E-state index is 12.0. The number of likely N-dealkylation sites (tertiary alicyclic amines) is 1. The Labute approximate surface area is 96.7 Å². The first-order valence-electron chi connectivity index (χ1n) is 6.04. The SMILES string of the molecule is CNC1CCN(CC(=O)N2CCOCC2)C1. The van der Waals surface area contributed by atoms with Gasteiger partial charge in [-0.25, -0.2) is 0 Å². The van der Waals surface area contributed by atoms with Crippen LogP contribution in [0.1, 0.15) is 6.42 Å². The van der Waals surface area contributed by atoms with Crippen LogP contribution in [0.25, 0.3) is 0 Å². The molecule has 1 unspecified atom stereocenters. The molecule has 2 aliphatic rings. The van der Waals surface area contributed by atoms with E-state index in [-0.39, 0.29) is 5.91 Å². The van der Waals surface area contributed by atoms with Crippen molar-refractivity contribution in [1.82, 2.24) is 15.1 Å². The van der Waals surface area contributed by atoms with E-state index in [0.29, 0.717) is 25.8 Å². The van der Waals surface area contributed by atoms with E-state index >= 15 is 0 Å². The average Bonchev–Trinajstić information content (AvgIpc) is 2.78. The van der Waals surface area contributed by atoms with Gasteiger partial charge in [0.05, 0.1) is 19.8 Å². The standard InChI is InChI=1S/C11H21N3O2/c1-12-10-2-3-13(8-10)9-11(15)14-4-6-16-7-5-14/h10,12H,2-9H2,1H3. The zero-order chi connectivity index (χ0) is 11.4. The van der Waals surface area contributed by atoms with Gasteiger partial charge in [0.25, 0.3) is 0 Å². The molecular formula is C11H21N3O2. The Hall–Kier alpha value is -0.650. The van der Waals surface area contributed by atoms with Gasteiger partial charge in [-0.05, 0) is 13.5 Å². The zero-order valence-corrected chi connectivity index (χ0v) is 9.95. The van der Waals surface area contributed by atoms with Crippen molar-refractivity contribution in [3.05, 3.63) is 0 Å². The molecular weight excluding hydrogens is 206 g/mol. The number of hydrogen-bond donors (Lipinski definition) is 1. The van der Waals surface area contributed by atoms with Crippen LogP contribution in [0.4, 0.5) is 0 Å². The van der Waals surface area contributed by atoms with Crippen LogP contribution in [0.5, 0.6) is 0 Å². The van der Waals surface area contributed by atoms with E-state index < -0.39 is 0 Å². The number of nitrogens with zero attached hydrogens (tertiary/aromatic N) is 2. The van der Waals surface area contributed by atoms with Gasteiger partial charge in [0.2, 0.25) is 5.91 Å². The van der Waals surface area contributed by atoms with Crippen LogP contribution in [0, 0.1) is 0 Å². The minimum Gasteiger partial charge on any atom is -0.378 e. The molecule has 2 heterocycles. The van der Waals surface area contributed by atoms with Gasteiger partial charge in [-0.1, -0.05) is 0 Å². The molecule has 0 saturated carbocycles. The third kappa shape index (κ3) is 2.93. The predicted molar refractivity (Wildman–Crippen MR) is 61.3 cm³/mol. The van der Waals surface area contributed by atoms with Gasteiger partial charge in [0.1, 0.15) is 0 Å². The van der Waals surface area contributed by atoms with Gasteiger partial charge < -0.3 is 15.0 Å². The molecule has 1 atom stereocenters. The summed E-state index contributed by atoms with van der Waals surface area (Å²) in [6.07, 6.45) is 1.15. The lowest BCUT2D eigenvalue weighted by Gasteiger charge is -2.28. The zero-order valence-electron chi connectivity index (χ0n) is 9.95. The van der Waals surface area contributed by atoms with Gasteiger partial charge in [-0.2, -0.15) is 0 Å². The molecule has 0 aromatic heterocycles. The fourth-order valence-corrected chi connectivity index (χ4v) is 2.32. The fourth-order valence-electron chi connectivity index (χ4n) is 2.32. The molecule has 1 N–H and O–H groups in total. The molecule has 16 heavy (non-hydrogen) atoms. The molecule has 5 heteroatoms. The maximum atomic E-state index is 12.0. The quantitative estimate of drug-likeness (QED) is 0.681. The second-order valence-electron chi connectivity index (χ2n) is 4.50. The van der Waals surface area contributed by atoms with E-state index in [0.717, 1.165) is 32.6 Å². The normalized spacial score (nSPS) is 27.3. The van der Waals surface area contributed by atoms with Crippen LogP contribution in [0.15, 0.2) is 0 Å². The third-order valence-electron chi connectivity index (χ3n) is 3.40. The second kappa shape index (κ2) is 5.61. The molecule has 0 spiro atoms. The van der Waals surface area contributed by atoms with Crippen molar-refractivity contribution in [2.45, 2.75) is 12.5 Å². The second-order valence-corrected chi connectivity index (χ2v) is 4.50. The van der Waals surface area contributed by atoms with Crippen molar-refractivity contribution in [3.8, 4) is 0 Å². The van der Waals surface area contributed by atoms with Crippen LogP contribution in [0.2, 0.25) is 0 Å². The van der Waals surface area contributed by atoms with Crippen LogP contribution < -0.4 is 5.32 Å². The number of hydrogen-bond acceptors (Lipinski definition) is 4. The predicted octanol–water partition coefficient (Wildman–Crippen LogP) is -0.861. The Kier molecular flexibility index (Phi) is 4.15. The number of rotatable bonds is 3. The van der Waals surface area contributed by atoms with Crippen molar-refractivity contribution in [2.24, 2.45) is 0 Å². The van der Waals surface area contributed by atoms with Crippen molar-refractivity contribution >= 4 is 5.91 Å². The summed E-state index contributed by atoms with van der Waals surface area (Å²) in [5.41, 5.74) is 0. The average molecular weight is 227 g/mol. The highest BCUT2D eigenvalue weighted by Crippen LogP contribution is 2.09. The van der Waals surface area contributed by atoms with E-state index in [1.165, 1.54) is 0 Å². The van der Waals surface area contributed by atoms with Crippen molar-refractivity contribution in [3.63, 3.8) is 0 Å². The minimum absolute atomic E-state index is 0.250. The van der Waals surface area contributed by atoms with Gasteiger partial charge in [-0.3, -0.25) is 9.69 Å². The molecule has 0 aromatic rings. The number of amides is 1. The topological polar surface area (TPSA) is 44.8 Å². The van der Waals surface area contributed by atoms with Crippen LogP contribution in [-0.2, 0) is 9.53 Å². The monoisotopic (exact) mass is 227 g/mol. The summed E-state index contributed by atoms with van der Waals surface area (Å²) in [4.78, 5) is 16.1. The third-order valence-corrected chi connectivity index (χ3v) is 3.40. The smallest absolute Gasteiger partial charge is 0.236 e. The molecule has 0 aliphatic carbocycles. The van der Waals surface area contributed by atoms with Crippen molar-refractivity contribution in [1.29, 1.82) is 0 Å².